The summed E-state index contributed by atoms with van der Waals surface area (Å²) in [6.45, 7) is 5.59. The van der Waals surface area contributed by atoms with Crippen molar-refractivity contribution in [3.8, 4) is 0 Å². The zero-order valence-corrected chi connectivity index (χ0v) is 18.2. The Morgan fingerprint density at radius 1 is 1.11 bits per heavy atom. The van der Waals surface area contributed by atoms with Crippen LogP contribution in [0.4, 0.5) is 0 Å². The van der Waals surface area contributed by atoms with Crippen molar-refractivity contribution in [3.05, 3.63) is 63.6 Å². The fourth-order valence-electron chi connectivity index (χ4n) is 2.75. The Morgan fingerprint density at radius 2 is 1.78 bits per heavy atom. The van der Waals surface area contributed by atoms with Crippen molar-refractivity contribution in [3.63, 3.8) is 0 Å². The molecule has 0 fully saturated rings. The molecule has 1 atom stereocenters. The van der Waals surface area contributed by atoms with Crippen LogP contribution in [0.2, 0.25) is 0 Å². The van der Waals surface area contributed by atoms with Crippen LogP contribution in [0.25, 0.3) is 0 Å². The number of aryl methyl sites for hydroxylation is 2. The lowest BCUT2D eigenvalue weighted by molar-refractivity contribution is -0.121. The van der Waals surface area contributed by atoms with Crippen LogP contribution in [0.3, 0.4) is 0 Å². The highest BCUT2D eigenvalue weighted by Gasteiger charge is 2.17. The normalized spacial score (nSPS) is 12.6. The topological polar surface area (TPSA) is 75.3 Å². The van der Waals surface area contributed by atoms with Crippen molar-refractivity contribution < 1.29 is 13.2 Å². The molecular formula is C20H25BrN2O3S. The van der Waals surface area contributed by atoms with E-state index in [-0.39, 0.29) is 29.8 Å². The summed E-state index contributed by atoms with van der Waals surface area (Å²) in [5.74, 6) is -0.178. The van der Waals surface area contributed by atoms with Crippen LogP contribution in [-0.2, 0) is 21.2 Å². The Bertz CT molecular complexity index is 896. The molecule has 2 N–H and O–H groups in total. The molecule has 2 rings (SSSR count). The van der Waals surface area contributed by atoms with Crippen molar-refractivity contribution in [1.29, 1.82) is 0 Å². The fourth-order valence-corrected chi connectivity index (χ4v) is 4.37. The second-order valence-corrected chi connectivity index (χ2v) is 9.37. The fraction of sp³-hybridized carbons (Fsp3) is 0.350. The van der Waals surface area contributed by atoms with E-state index in [9.17, 15) is 13.2 Å². The van der Waals surface area contributed by atoms with Gasteiger partial charge in [-0.2, -0.15) is 0 Å². The van der Waals surface area contributed by atoms with E-state index in [1.54, 1.807) is 19.1 Å². The van der Waals surface area contributed by atoms with Crippen LogP contribution in [0.5, 0.6) is 0 Å². The lowest BCUT2D eigenvalue weighted by Gasteiger charge is -2.15. The van der Waals surface area contributed by atoms with E-state index in [4.69, 9.17) is 0 Å². The zero-order chi connectivity index (χ0) is 20.0. The summed E-state index contributed by atoms with van der Waals surface area (Å²) in [6.07, 6.45) is 0.808. The average molecular weight is 453 g/mol. The van der Waals surface area contributed by atoms with E-state index in [0.717, 1.165) is 15.6 Å². The molecule has 5 nitrogen and oxygen atoms in total. The highest BCUT2D eigenvalue weighted by molar-refractivity contribution is 9.10. The molecule has 146 valence electrons. The summed E-state index contributed by atoms with van der Waals surface area (Å²) in [6, 6.07) is 13.2. The number of hydrogen-bond donors (Lipinski definition) is 2. The molecule has 0 spiro atoms. The monoisotopic (exact) mass is 452 g/mol. The predicted octanol–water partition coefficient (Wildman–Crippen LogP) is 3.48. The van der Waals surface area contributed by atoms with Crippen LogP contribution in [0, 0.1) is 13.8 Å². The van der Waals surface area contributed by atoms with Gasteiger partial charge in [0, 0.05) is 23.5 Å². The molecule has 1 unspecified atom stereocenters. The lowest BCUT2D eigenvalue weighted by atomic mass is 10.1. The maximum absolute atomic E-state index is 12.4. The van der Waals surface area contributed by atoms with Gasteiger partial charge < -0.3 is 5.32 Å². The zero-order valence-electron chi connectivity index (χ0n) is 15.8. The molecule has 2 aromatic carbocycles. The first kappa shape index (κ1) is 21.6. The summed E-state index contributed by atoms with van der Waals surface area (Å²) < 4.78 is 28.4. The van der Waals surface area contributed by atoms with Gasteiger partial charge in [-0.1, -0.05) is 40.2 Å². The van der Waals surface area contributed by atoms with Crippen LogP contribution < -0.4 is 10.0 Å². The van der Waals surface area contributed by atoms with Crippen molar-refractivity contribution in [1.82, 2.24) is 10.0 Å². The minimum absolute atomic E-state index is 0.0331. The number of sulfonamides is 1. The quantitative estimate of drug-likeness (QED) is 0.643. The summed E-state index contributed by atoms with van der Waals surface area (Å²) in [5, 5.41) is 2.90. The van der Waals surface area contributed by atoms with Crippen molar-refractivity contribution in [2.75, 3.05) is 6.54 Å². The number of hydrogen-bond acceptors (Lipinski definition) is 3. The molecule has 0 radical (unpaired) electrons. The minimum atomic E-state index is -3.62. The van der Waals surface area contributed by atoms with Gasteiger partial charge in [0.1, 0.15) is 0 Å². The van der Waals surface area contributed by atoms with Crippen molar-refractivity contribution in [2.45, 2.75) is 44.6 Å². The lowest BCUT2D eigenvalue weighted by Crippen LogP contribution is -2.36. The van der Waals surface area contributed by atoms with Gasteiger partial charge in [0.2, 0.25) is 15.9 Å². The number of halogens is 1. The van der Waals surface area contributed by atoms with Gasteiger partial charge in [0.25, 0.3) is 0 Å². The van der Waals surface area contributed by atoms with Gasteiger partial charge in [-0.15, -0.1) is 0 Å². The molecule has 0 saturated carbocycles. The van der Waals surface area contributed by atoms with Crippen LogP contribution >= 0.6 is 15.9 Å². The smallest absolute Gasteiger partial charge is 0.240 e. The Hall–Kier alpha value is -1.70. The molecule has 0 aliphatic carbocycles. The predicted molar refractivity (Wildman–Crippen MR) is 111 cm³/mol. The third-order valence-electron chi connectivity index (χ3n) is 4.14. The maximum atomic E-state index is 12.4. The van der Waals surface area contributed by atoms with Gasteiger partial charge in [-0.3, -0.25) is 4.79 Å². The SMILES string of the molecule is Cc1ccc(C)c(S(=O)(=O)NCCC(=O)NC(C)Cc2ccc(Br)cc2)c1. The van der Waals surface area contributed by atoms with Gasteiger partial charge in [0.05, 0.1) is 4.90 Å². The maximum Gasteiger partial charge on any atom is 0.240 e. The van der Waals surface area contributed by atoms with E-state index in [2.05, 4.69) is 26.0 Å². The Balaban J connectivity index is 1.82. The van der Waals surface area contributed by atoms with E-state index in [1.165, 1.54) is 0 Å². The average Bonchev–Trinajstić information content (AvgIpc) is 2.58. The minimum Gasteiger partial charge on any atom is -0.353 e. The van der Waals surface area contributed by atoms with Crippen LogP contribution in [-0.4, -0.2) is 26.9 Å². The summed E-state index contributed by atoms with van der Waals surface area (Å²) in [4.78, 5) is 12.3. The molecule has 0 aromatic heterocycles. The van der Waals surface area contributed by atoms with Crippen molar-refractivity contribution >= 4 is 31.9 Å². The number of rotatable bonds is 8. The van der Waals surface area contributed by atoms with Gasteiger partial charge in [-0.25, -0.2) is 13.1 Å². The van der Waals surface area contributed by atoms with Crippen molar-refractivity contribution in [2.24, 2.45) is 0 Å². The molecule has 0 bridgehead atoms. The molecule has 0 aliphatic heterocycles. The van der Waals surface area contributed by atoms with Crippen LogP contribution in [0.1, 0.15) is 30.0 Å². The standard InChI is InChI=1S/C20H25BrN2O3S/c1-14-4-5-15(2)19(12-14)27(25,26)22-11-10-20(24)23-16(3)13-17-6-8-18(21)9-7-17/h4-9,12,16,22H,10-11,13H2,1-3H3,(H,23,24). The molecule has 0 saturated heterocycles. The number of benzene rings is 2. The molecule has 0 heterocycles. The first-order chi connectivity index (χ1) is 12.7. The molecule has 2 aromatic rings. The largest absolute Gasteiger partial charge is 0.353 e. The van der Waals surface area contributed by atoms with Gasteiger partial charge >= 0.3 is 0 Å². The Labute approximate surface area is 169 Å². The van der Waals surface area contributed by atoms with E-state index in [0.29, 0.717) is 12.0 Å². The molecule has 0 aliphatic rings. The number of carbonyl (C=O) groups excluding carboxylic acids is 1. The van der Waals surface area contributed by atoms with E-state index >= 15 is 0 Å². The summed E-state index contributed by atoms with van der Waals surface area (Å²) >= 11 is 3.40. The molecule has 27 heavy (non-hydrogen) atoms. The summed E-state index contributed by atoms with van der Waals surface area (Å²) in [7, 11) is -3.62. The van der Waals surface area contributed by atoms with Crippen LogP contribution in [0.15, 0.2) is 51.8 Å². The Morgan fingerprint density at radius 3 is 2.44 bits per heavy atom. The van der Waals surface area contributed by atoms with E-state index in [1.807, 2.05) is 44.2 Å². The third-order valence-corrected chi connectivity index (χ3v) is 6.27. The number of amides is 1. The number of nitrogens with one attached hydrogen (secondary N) is 2. The second-order valence-electron chi connectivity index (χ2n) is 6.72. The third kappa shape index (κ3) is 6.75. The number of carbonyl (C=O) groups is 1. The molecular weight excluding hydrogens is 428 g/mol. The molecule has 1 amide bonds. The van der Waals surface area contributed by atoms with Gasteiger partial charge in [-0.05, 0) is 62.1 Å². The highest BCUT2D eigenvalue weighted by atomic mass is 79.9. The van der Waals surface area contributed by atoms with E-state index < -0.39 is 10.0 Å². The highest BCUT2D eigenvalue weighted by Crippen LogP contribution is 2.16. The second kappa shape index (κ2) is 9.48. The first-order valence-electron chi connectivity index (χ1n) is 8.78. The summed E-state index contributed by atoms with van der Waals surface area (Å²) in [5.41, 5.74) is 2.68. The van der Waals surface area contributed by atoms with Gasteiger partial charge in [0.15, 0.2) is 0 Å². The first-order valence-corrected chi connectivity index (χ1v) is 11.1. The molecule has 7 heteroatoms. The Kier molecular flexibility index (Phi) is 7.59.